The van der Waals surface area contributed by atoms with Crippen molar-refractivity contribution in [2.45, 2.75) is 55.9 Å². The van der Waals surface area contributed by atoms with E-state index in [2.05, 4.69) is 41.0 Å². The Balaban J connectivity index is 1.79. The summed E-state index contributed by atoms with van der Waals surface area (Å²) in [5.74, 6) is 3.09. The molecule has 0 amide bonds. The van der Waals surface area contributed by atoms with Crippen molar-refractivity contribution in [3.8, 4) is 0 Å². The van der Waals surface area contributed by atoms with Crippen LogP contribution < -0.4 is 5.32 Å². The highest BCUT2D eigenvalue weighted by atomic mass is 32.2. The lowest BCUT2D eigenvalue weighted by molar-refractivity contribution is 0.539. The number of rotatable bonds is 3. The zero-order valence-electron chi connectivity index (χ0n) is 13.6. The predicted molar refractivity (Wildman–Crippen MR) is 88.8 cm³/mol. The summed E-state index contributed by atoms with van der Waals surface area (Å²) >= 11 is 0. The summed E-state index contributed by atoms with van der Waals surface area (Å²) in [6.45, 7) is 6.30. The first-order valence-electron chi connectivity index (χ1n) is 7.97. The smallest absolute Gasteiger partial charge is 0.147 e. The fraction of sp³-hybridized carbons (Fsp3) is 0.562. The molecule has 0 saturated heterocycles. The van der Waals surface area contributed by atoms with E-state index < -0.39 is 10.8 Å². The minimum absolute atomic E-state index is 0.142. The molecule has 2 aliphatic rings. The van der Waals surface area contributed by atoms with Gasteiger partial charge in [0, 0.05) is 30.0 Å². The Morgan fingerprint density at radius 3 is 2.70 bits per heavy atom. The van der Waals surface area contributed by atoms with Crippen LogP contribution in [0.1, 0.15) is 51.0 Å². The summed E-state index contributed by atoms with van der Waals surface area (Å²) in [5, 5.41) is 3.54. The number of anilines is 1. The first-order valence-corrected chi connectivity index (χ1v) is 9.29. The number of hydrogen-bond donors (Lipinski definition) is 2. The molecule has 0 bridgehead atoms. The van der Waals surface area contributed by atoms with Gasteiger partial charge in [-0.25, -0.2) is 15.0 Å². The molecule has 122 valence electrons. The van der Waals surface area contributed by atoms with Gasteiger partial charge in [-0.15, -0.1) is 0 Å². The number of hydrogen-bond acceptors (Lipinski definition) is 5. The third-order valence-corrected chi connectivity index (χ3v) is 5.88. The molecule has 1 aliphatic heterocycles. The minimum atomic E-state index is -1.02. The number of nitrogens with one attached hydrogen (secondary N) is 2. The van der Waals surface area contributed by atoms with Crippen LogP contribution in [0.5, 0.6) is 0 Å². The molecule has 1 unspecified atom stereocenters. The predicted octanol–water partition coefficient (Wildman–Crippen LogP) is 2.26. The summed E-state index contributed by atoms with van der Waals surface area (Å²) < 4.78 is 12.4. The number of aryl methyl sites for hydroxylation is 1. The van der Waals surface area contributed by atoms with Gasteiger partial charge >= 0.3 is 0 Å². The van der Waals surface area contributed by atoms with Gasteiger partial charge < -0.3 is 10.3 Å². The Labute approximate surface area is 138 Å². The highest BCUT2D eigenvalue weighted by Gasteiger charge is 2.48. The molecular weight excluding hydrogens is 310 g/mol. The highest BCUT2D eigenvalue weighted by Crippen LogP contribution is 2.47. The van der Waals surface area contributed by atoms with Gasteiger partial charge in [0.15, 0.2) is 0 Å². The van der Waals surface area contributed by atoms with Crippen LogP contribution in [0.4, 0.5) is 5.82 Å². The van der Waals surface area contributed by atoms with Crippen molar-refractivity contribution in [2.24, 2.45) is 0 Å². The summed E-state index contributed by atoms with van der Waals surface area (Å²) in [6, 6.07) is 0. The van der Waals surface area contributed by atoms with Gasteiger partial charge in [-0.05, 0) is 12.8 Å². The third-order valence-electron chi connectivity index (χ3n) is 4.42. The topological polar surface area (TPSA) is 83.6 Å². The summed E-state index contributed by atoms with van der Waals surface area (Å²) in [4.78, 5) is 17.8. The SMILES string of the molecule is CC(C)(C)c1nc2c(c(NC3(c4ncc[nH]4)CC3)n1)S(=O)CC2. The normalized spacial score (nSPS) is 22.0. The fourth-order valence-electron chi connectivity index (χ4n) is 2.92. The van der Waals surface area contributed by atoms with Crippen LogP contribution in [0.3, 0.4) is 0 Å². The molecule has 1 atom stereocenters. The van der Waals surface area contributed by atoms with Crippen LogP contribution in [0.25, 0.3) is 0 Å². The van der Waals surface area contributed by atoms with E-state index in [-0.39, 0.29) is 11.0 Å². The summed E-state index contributed by atoms with van der Waals surface area (Å²) in [5.41, 5.74) is 0.589. The third kappa shape index (κ3) is 2.47. The minimum Gasteiger partial charge on any atom is -0.356 e. The van der Waals surface area contributed by atoms with E-state index in [1.807, 2.05) is 6.20 Å². The maximum Gasteiger partial charge on any atom is 0.147 e. The second-order valence-corrected chi connectivity index (χ2v) is 8.87. The second-order valence-electron chi connectivity index (χ2n) is 7.37. The van der Waals surface area contributed by atoms with E-state index in [0.717, 1.165) is 47.3 Å². The monoisotopic (exact) mass is 331 g/mol. The van der Waals surface area contributed by atoms with E-state index in [9.17, 15) is 4.21 Å². The van der Waals surface area contributed by atoms with Gasteiger partial charge in [-0.2, -0.15) is 0 Å². The van der Waals surface area contributed by atoms with Crippen molar-refractivity contribution < 1.29 is 4.21 Å². The van der Waals surface area contributed by atoms with E-state index in [4.69, 9.17) is 4.98 Å². The lowest BCUT2D eigenvalue weighted by Crippen LogP contribution is -2.25. The molecule has 1 fully saturated rings. The lowest BCUT2D eigenvalue weighted by atomic mass is 9.95. The van der Waals surface area contributed by atoms with Gasteiger partial charge in [0.2, 0.25) is 0 Å². The lowest BCUT2D eigenvalue weighted by Gasteiger charge is -2.22. The number of fused-ring (bicyclic) bond motifs is 1. The molecule has 3 heterocycles. The molecule has 2 aromatic rings. The van der Waals surface area contributed by atoms with Crippen LogP contribution in [-0.2, 0) is 28.2 Å². The molecule has 0 radical (unpaired) electrons. The van der Waals surface area contributed by atoms with Crippen molar-refractivity contribution >= 4 is 16.6 Å². The zero-order valence-corrected chi connectivity index (χ0v) is 14.5. The summed E-state index contributed by atoms with van der Waals surface area (Å²) in [6.07, 6.45) is 6.35. The Morgan fingerprint density at radius 1 is 1.30 bits per heavy atom. The van der Waals surface area contributed by atoms with Crippen molar-refractivity contribution in [2.75, 3.05) is 11.1 Å². The van der Waals surface area contributed by atoms with E-state index in [0.29, 0.717) is 5.75 Å². The van der Waals surface area contributed by atoms with Crippen LogP contribution in [-0.4, -0.2) is 29.9 Å². The molecule has 4 rings (SSSR count). The molecule has 7 heteroatoms. The van der Waals surface area contributed by atoms with Gasteiger partial charge in [0.25, 0.3) is 0 Å². The molecule has 2 N–H and O–H groups in total. The van der Waals surface area contributed by atoms with Crippen LogP contribution in [0.2, 0.25) is 0 Å². The van der Waals surface area contributed by atoms with Crippen molar-refractivity contribution in [1.82, 2.24) is 19.9 Å². The number of aromatic amines is 1. The molecule has 0 aromatic carbocycles. The van der Waals surface area contributed by atoms with Gasteiger partial charge in [-0.1, -0.05) is 20.8 Å². The molecule has 23 heavy (non-hydrogen) atoms. The highest BCUT2D eigenvalue weighted by molar-refractivity contribution is 7.85. The maximum atomic E-state index is 12.4. The van der Waals surface area contributed by atoms with Crippen molar-refractivity contribution in [3.05, 3.63) is 29.7 Å². The second kappa shape index (κ2) is 4.87. The van der Waals surface area contributed by atoms with E-state index in [1.54, 1.807) is 6.20 Å². The molecular formula is C16H21N5OS. The Hall–Kier alpha value is -1.76. The quantitative estimate of drug-likeness (QED) is 0.901. The van der Waals surface area contributed by atoms with Crippen LogP contribution >= 0.6 is 0 Å². The van der Waals surface area contributed by atoms with Gasteiger partial charge in [-0.3, -0.25) is 4.21 Å². The molecule has 2 aromatic heterocycles. The molecule has 1 aliphatic carbocycles. The van der Waals surface area contributed by atoms with Gasteiger partial charge in [0.05, 0.1) is 22.0 Å². The number of nitrogens with zero attached hydrogens (tertiary/aromatic N) is 3. The van der Waals surface area contributed by atoms with Crippen LogP contribution in [0, 0.1) is 0 Å². The maximum absolute atomic E-state index is 12.4. The largest absolute Gasteiger partial charge is 0.356 e. The molecule has 0 spiro atoms. The number of H-pyrrole nitrogens is 1. The van der Waals surface area contributed by atoms with Crippen molar-refractivity contribution in [1.29, 1.82) is 0 Å². The first-order chi connectivity index (χ1) is 10.9. The van der Waals surface area contributed by atoms with E-state index >= 15 is 0 Å². The average Bonchev–Trinajstić information content (AvgIpc) is 2.92. The van der Waals surface area contributed by atoms with Crippen molar-refractivity contribution in [3.63, 3.8) is 0 Å². The number of imidazole rings is 1. The fourth-order valence-corrected chi connectivity index (χ4v) is 4.22. The van der Waals surface area contributed by atoms with E-state index in [1.165, 1.54) is 0 Å². The Morgan fingerprint density at radius 2 is 2.09 bits per heavy atom. The number of aromatic nitrogens is 4. The van der Waals surface area contributed by atoms with Gasteiger partial charge in [0.1, 0.15) is 22.4 Å². The first kappa shape index (κ1) is 14.8. The average molecular weight is 331 g/mol. The molecule has 1 saturated carbocycles. The Kier molecular flexibility index (Phi) is 3.13. The van der Waals surface area contributed by atoms with Crippen LogP contribution in [0.15, 0.2) is 17.3 Å². The standard InChI is InChI=1S/C16H21N5OS/c1-15(2,3)13-19-10-4-9-23(22)11(10)12(20-13)21-16(5-6-16)14-17-7-8-18-14/h7-8H,4-6,9H2,1-3H3,(H,17,18)(H,19,20,21). The zero-order chi connectivity index (χ0) is 16.2. The summed E-state index contributed by atoms with van der Waals surface area (Å²) in [7, 11) is -1.02. The Bertz CT molecular complexity index is 775. The molecule has 6 nitrogen and oxygen atoms in total.